The molecule has 0 radical (unpaired) electrons. The van der Waals surface area contributed by atoms with Crippen LogP contribution in [0.3, 0.4) is 0 Å². The van der Waals surface area contributed by atoms with E-state index >= 15 is 0 Å². The Kier molecular flexibility index (Phi) is 7.44. The summed E-state index contributed by atoms with van der Waals surface area (Å²) in [5, 5.41) is 0. The van der Waals surface area contributed by atoms with Crippen molar-refractivity contribution in [2.75, 3.05) is 20.6 Å². The highest BCUT2D eigenvalue weighted by Crippen LogP contribution is 2.13. The van der Waals surface area contributed by atoms with E-state index in [0.29, 0.717) is 16.6 Å². The highest BCUT2D eigenvalue weighted by Gasteiger charge is 2.14. The zero-order valence-electron chi connectivity index (χ0n) is 18.9. The van der Waals surface area contributed by atoms with Gasteiger partial charge in [-0.25, -0.2) is 0 Å². The summed E-state index contributed by atoms with van der Waals surface area (Å²) in [7, 11) is 4.14. The van der Waals surface area contributed by atoms with E-state index in [1.165, 1.54) is 44.9 Å². The van der Waals surface area contributed by atoms with E-state index in [1.807, 2.05) is 0 Å². The number of unbranched alkanes of at least 4 members (excludes halogenated alkanes) is 7. The van der Waals surface area contributed by atoms with Crippen molar-refractivity contribution in [3.63, 3.8) is 0 Å². The average Bonchev–Trinajstić information content (AvgIpc) is 2.57. The molecule has 0 spiro atoms. The number of benzene rings is 1. The molecule has 0 atom stereocenters. The fourth-order valence-corrected chi connectivity index (χ4v) is 2.54. The summed E-state index contributed by atoms with van der Waals surface area (Å²) in [6, 6.07) is -0.903. The van der Waals surface area contributed by atoms with Crippen LogP contribution < -0.4 is 12.4 Å². The van der Waals surface area contributed by atoms with Gasteiger partial charge in [-0.1, -0.05) is 75.7 Å². The molecule has 21 heavy (non-hydrogen) atoms. The van der Waals surface area contributed by atoms with Crippen molar-refractivity contribution in [1.82, 2.24) is 0 Å². The lowest BCUT2D eigenvalue weighted by molar-refractivity contribution is -0.903. The molecule has 122 valence electrons. The molecule has 1 rings (SSSR count). The Balaban J connectivity index is 0.00000625. The third-order valence-corrected chi connectivity index (χ3v) is 3.75. The van der Waals surface area contributed by atoms with E-state index < -0.39 is 0 Å². The quantitative estimate of drug-likeness (QED) is 0.434. The molecule has 0 saturated heterocycles. The Labute approximate surface area is 145 Å². The molecule has 0 aliphatic carbocycles. The van der Waals surface area contributed by atoms with Crippen molar-refractivity contribution < 1.29 is 23.7 Å². The van der Waals surface area contributed by atoms with Crippen molar-refractivity contribution in [1.29, 1.82) is 0 Å². The first-order chi connectivity index (χ1) is 11.7. The maximum absolute atomic E-state index is 8.06. The average molecular weight is 317 g/mol. The van der Waals surface area contributed by atoms with E-state index in [2.05, 4.69) is 21.0 Å². The van der Waals surface area contributed by atoms with Gasteiger partial charge in [-0.3, -0.25) is 0 Å². The lowest BCUT2D eigenvalue weighted by atomic mass is 10.1. The predicted molar refractivity (Wildman–Crippen MR) is 89.7 cm³/mol. The molecule has 1 aromatic carbocycles. The zero-order chi connectivity index (χ0) is 19.0. The molecule has 0 heterocycles. The molecule has 1 aromatic rings. The van der Waals surface area contributed by atoms with Gasteiger partial charge in [0, 0.05) is 5.56 Å². The van der Waals surface area contributed by atoms with Gasteiger partial charge in [0.15, 0.2) is 0 Å². The largest absolute Gasteiger partial charge is 1.00 e. The van der Waals surface area contributed by atoms with E-state index in [4.69, 9.17) is 6.85 Å². The first-order valence-electron chi connectivity index (χ1n) is 10.6. The first-order valence-corrected chi connectivity index (χ1v) is 8.09. The summed E-state index contributed by atoms with van der Waals surface area (Å²) in [6.07, 6.45) is 10.2. The molecular weight excluding hydrogens is 278 g/mol. The summed E-state index contributed by atoms with van der Waals surface area (Å²) in [5.41, 5.74) is 0.426. The summed E-state index contributed by atoms with van der Waals surface area (Å²) in [6.45, 7) is 3.65. The Hall–Kier alpha value is -0.530. The lowest BCUT2D eigenvalue weighted by Gasteiger charge is -2.30. The number of quaternary nitrogens is 1. The fraction of sp³-hybridized carbons (Fsp3) is 0.684. The topological polar surface area (TPSA) is 0 Å². The summed E-state index contributed by atoms with van der Waals surface area (Å²) in [4.78, 5) is 0. The minimum Gasteiger partial charge on any atom is -1.00 e. The molecule has 0 fully saturated rings. The normalized spacial score (nSPS) is 14.5. The van der Waals surface area contributed by atoms with Crippen LogP contribution in [0.5, 0.6) is 0 Å². The van der Waals surface area contributed by atoms with Crippen molar-refractivity contribution >= 4 is 0 Å². The lowest BCUT2D eigenvalue weighted by Crippen LogP contribution is -3.00. The number of nitrogens with zero attached hydrogens (tertiary/aromatic N) is 1. The van der Waals surface area contributed by atoms with Crippen molar-refractivity contribution in [3.05, 3.63) is 35.8 Å². The highest BCUT2D eigenvalue weighted by atomic mass is 35.5. The van der Waals surface area contributed by atoms with Crippen LogP contribution >= 0.6 is 0 Å². The molecule has 0 unspecified atom stereocenters. The van der Waals surface area contributed by atoms with Crippen LogP contribution in [0.2, 0.25) is 0 Å². The second kappa shape index (κ2) is 12.1. The van der Waals surface area contributed by atoms with E-state index in [0.717, 1.165) is 13.0 Å². The van der Waals surface area contributed by atoms with E-state index in [-0.39, 0.29) is 42.6 Å². The van der Waals surface area contributed by atoms with Gasteiger partial charge < -0.3 is 16.9 Å². The van der Waals surface area contributed by atoms with Crippen molar-refractivity contribution in [2.45, 2.75) is 64.8 Å². The SMILES string of the molecule is [2H]c1c([2H])c([2H])c(C[N+](C)(C)CCCCCCCCCC)c([2H])c1[2H].[Cl-]. The summed E-state index contributed by atoms with van der Waals surface area (Å²) < 4.78 is 40.0. The molecule has 0 amide bonds. The number of rotatable bonds is 11. The van der Waals surface area contributed by atoms with Crippen LogP contribution in [0.15, 0.2) is 30.2 Å². The predicted octanol–water partition coefficient (Wildman–Crippen LogP) is 2.41. The van der Waals surface area contributed by atoms with Crippen LogP contribution in [0.4, 0.5) is 0 Å². The van der Waals surface area contributed by atoms with Crippen LogP contribution in [0.25, 0.3) is 0 Å². The molecule has 0 N–H and O–H groups in total. The number of hydrogen-bond donors (Lipinski definition) is 0. The fourth-order valence-electron chi connectivity index (χ4n) is 2.54. The molecule has 2 heteroatoms. The smallest absolute Gasteiger partial charge is 0.104 e. The Morgan fingerprint density at radius 1 is 0.857 bits per heavy atom. The second-order valence-electron chi connectivity index (χ2n) is 6.40. The monoisotopic (exact) mass is 316 g/mol. The Bertz CT molecular complexity index is 534. The third-order valence-electron chi connectivity index (χ3n) is 3.75. The highest BCUT2D eigenvalue weighted by molar-refractivity contribution is 5.13. The van der Waals surface area contributed by atoms with Crippen LogP contribution in [-0.2, 0) is 6.54 Å². The van der Waals surface area contributed by atoms with E-state index in [1.54, 1.807) is 0 Å². The van der Waals surface area contributed by atoms with Gasteiger partial charge in [0.2, 0.25) is 0 Å². The third kappa shape index (κ3) is 10.8. The molecule has 0 saturated carbocycles. The van der Waals surface area contributed by atoms with Gasteiger partial charge in [-0.05, 0) is 12.8 Å². The van der Waals surface area contributed by atoms with Gasteiger partial charge >= 0.3 is 0 Å². The van der Waals surface area contributed by atoms with Gasteiger partial charge in [0.25, 0.3) is 0 Å². The molecular formula is C19H34ClN. The molecule has 1 nitrogen and oxygen atoms in total. The Morgan fingerprint density at radius 2 is 1.38 bits per heavy atom. The zero-order valence-corrected chi connectivity index (χ0v) is 14.7. The maximum atomic E-state index is 8.06. The number of halogens is 1. The minimum absolute atomic E-state index is 0. The molecule has 0 bridgehead atoms. The maximum Gasteiger partial charge on any atom is 0.104 e. The van der Waals surface area contributed by atoms with E-state index in [9.17, 15) is 0 Å². The molecule has 0 aliphatic rings. The standard InChI is InChI=1S/C19H34N.ClH/c1-4-5-6-7-8-9-10-14-17-20(2,3)18-19-15-12-11-13-16-19;/h11-13,15-16H,4-10,14,17-18H2,1-3H3;1H/q+1;/p-1/i11D,12D,13D,15D,16D;. The van der Waals surface area contributed by atoms with Crippen molar-refractivity contribution in [2.24, 2.45) is 0 Å². The first kappa shape index (κ1) is 13.0. The van der Waals surface area contributed by atoms with Gasteiger partial charge in [-0.15, -0.1) is 0 Å². The molecule has 0 aliphatic heterocycles. The molecule has 0 aromatic heterocycles. The summed E-state index contributed by atoms with van der Waals surface area (Å²) in [5.74, 6) is 0. The Morgan fingerprint density at radius 3 is 1.95 bits per heavy atom. The van der Waals surface area contributed by atoms with Gasteiger partial charge in [0.05, 0.1) is 27.5 Å². The van der Waals surface area contributed by atoms with Crippen molar-refractivity contribution in [3.8, 4) is 0 Å². The van der Waals surface area contributed by atoms with Gasteiger partial charge in [0.1, 0.15) is 6.54 Å². The van der Waals surface area contributed by atoms with Gasteiger partial charge in [-0.2, -0.15) is 0 Å². The second-order valence-corrected chi connectivity index (χ2v) is 6.40. The van der Waals surface area contributed by atoms with Crippen LogP contribution in [0, 0.1) is 0 Å². The summed E-state index contributed by atoms with van der Waals surface area (Å²) >= 11 is 0. The van der Waals surface area contributed by atoms with Crippen LogP contribution in [-0.4, -0.2) is 25.1 Å². The number of hydrogen-bond acceptors (Lipinski definition) is 0. The van der Waals surface area contributed by atoms with Crippen LogP contribution in [0.1, 0.15) is 70.7 Å². The minimum atomic E-state index is -0.313.